The zero-order valence-corrected chi connectivity index (χ0v) is 13.0. The summed E-state index contributed by atoms with van der Waals surface area (Å²) in [7, 11) is -3.21. The molecular weight excluding hydrogens is 302 g/mol. The average Bonchev–Trinajstić information content (AvgIpc) is 2.83. The summed E-state index contributed by atoms with van der Waals surface area (Å²) in [6, 6.07) is 8.27. The van der Waals surface area contributed by atoms with Crippen LogP contribution in [-0.2, 0) is 16.4 Å². The molecule has 1 aromatic carbocycles. The normalized spacial score (nSPS) is 11.9. The van der Waals surface area contributed by atoms with E-state index >= 15 is 0 Å². The van der Waals surface area contributed by atoms with E-state index in [0.717, 1.165) is 11.3 Å². The van der Waals surface area contributed by atoms with Gasteiger partial charge in [-0.1, -0.05) is 12.1 Å². The van der Waals surface area contributed by atoms with Gasteiger partial charge < -0.3 is 4.98 Å². The van der Waals surface area contributed by atoms with Crippen molar-refractivity contribution in [1.29, 1.82) is 0 Å². The Hall–Kier alpha value is -2.41. The monoisotopic (exact) mass is 317 g/mol. The maximum atomic E-state index is 12.4. The molecule has 2 heterocycles. The van der Waals surface area contributed by atoms with E-state index in [2.05, 4.69) is 9.97 Å². The highest BCUT2D eigenvalue weighted by atomic mass is 32.2. The first-order valence-electron chi connectivity index (χ1n) is 6.68. The van der Waals surface area contributed by atoms with E-state index in [-0.39, 0.29) is 10.5 Å². The molecule has 0 unspecified atom stereocenters. The Bertz CT molecular complexity index is 999. The quantitative estimate of drug-likeness (QED) is 0.793. The fourth-order valence-corrected chi connectivity index (χ4v) is 2.96. The van der Waals surface area contributed by atoms with Crippen LogP contribution in [0.4, 0.5) is 0 Å². The minimum absolute atomic E-state index is 0.124. The number of nitrogens with zero attached hydrogens (tertiary/aromatic N) is 2. The molecule has 0 saturated heterocycles. The van der Waals surface area contributed by atoms with Gasteiger partial charge in [-0.25, -0.2) is 13.4 Å². The van der Waals surface area contributed by atoms with Crippen LogP contribution in [0.2, 0.25) is 0 Å². The van der Waals surface area contributed by atoms with Crippen molar-refractivity contribution in [3.63, 3.8) is 0 Å². The van der Waals surface area contributed by atoms with Crippen LogP contribution in [0.5, 0.6) is 0 Å². The van der Waals surface area contributed by atoms with Gasteiger partial charge in [0.15, 0.2) is 9.84 Å². The summed E-state index contributed by atoms with van der Waals surface area (Å²) < 4.78 is 24.4. The van der Waals surface area contributed by atoms with Gasteiger partial charge in [0.2, 0.25) is 0 Å². The van der Waals surface area contributed by atoms with Crippen molar-refractivity contribution in [2.24, 2.45) is 0 Å². The Morgan fingerprint density at radius 2 is 1.91 bits per heavy atom. The topological polar surface area (TPSA) is 84.8 Å². The van der Waals surface area contributed by atoms with Gasteiger partial charge in [0.25, 0.3) is 5.56 Å². The largest absolute Gasteiger partial charge is 0.343 e. The van der Waals surface area contributed by atoms with Gasteiger partial charge in [-0.15, -0.1) is 0 Å². The molecule has 1 N–H and O–H groups in total. The van der Waals surface area contributed by atoms with Crippen molar-refractivity contribution in [2.45, 2.75) is 18.4 Å². The van der Waals surface area contributed by atoms with Crippen molar-refractivity contribution in [2.75, 3.05) is 6.26 Å². The minimum atomic E-state index is -3.21. The Balaban J connectivity index is 1.96. The van der Waals surface area contributed by atoms with Gasteiger partial charge in [0.1, 0.15) is 12.0 Å². The summed E-state index contributed by atoms with van der Waals surface area (Å²) in [5.41, 5.74) is 2.17. The standard InChI is InChI=1S/C15H15N3O3S/c1-10-7-13-14(17-10)16-9-18(15(13)19)8-11-3-5-12(6-4-11)22(2,20)21/h3-7,9,17H,8H2,1-2H3. The van der Waals surface area contributed by atoms with E-state index in [9.17, 15) is 13.2 Å². The number of hydrogen-bond acceptors (Lipinski definition) is 4. The number of H-pyrrole nitrogens is 1. The lowest BCUT2D eigenvalue weighted by Crippen LogP contribution is -2.20. The number of aromatic amines is 1. The molecule has 114 valence electrons. The molecule has 0 amide bonds. The SMILES string of the molecule is Cc1cc2c(=O)n(Cc3ccc(S(C)(=O)=O)cc3)cnc2[nH]1. The zero-order chi connectivity index (χ0) is 15.9. The first-order valence-corrected chi connectivity index (χ1v) is 8.57. The molecule has 3 rings (SSSR count). The smallest absolute Gasteiger partial charge is 0.263 e. The average molecular weight is 317 g/mol. The number of aryl methyl sites for hydroxylation is 1. The van der Waals surface area contributed by atoms with E-state index in [4.69, 9.17) is 0 Å². The highest BCUT2D eigenvalue weighted by Crippen LogP contribution is 2.12. The number of aromatic nitrogens is 3. The van der Waals surface area contributed by atoms with Crippen molar-refractivity contribution in [1.82, 2.24) is 14.5 Å². The van der Waals surface area contributed by atoms with E-state index in [1.165, 1.54) is 17.2 Å². The summed E-state index contributed by atoms with van der Waals surface area (Å²) in [6.45, 7) is 2.21. The highest BCUT2D eigenvalue weighted by Gasteiger charge is 2.09. The Labute approximate surface area is 127 Å². The van der Waals surface area contributed by atoms with Crippen LogP contribution in [0.3, 0.4) is 0 Å². The van der Waals surface area contributed by atoms with Crippen molar-refractivity contribution in [3.8, 4) is 0 Å². The van der Waals surface area contributed by atoms with E-state index in [1.54, 1.807) is 30.3 Å². The van der Waals surface area contributed by atoms with Crippen molar-refractivity contribution >= 4 is 20.9 Å². The lowest BCUT2D eigenvalue weighted by atomic mass is 10.2. The number of rotatable bonds is 3. The third-order valence-electron chi connectivity index (χ3n) is 3.45. The summed E-state index contributed by atoms with van der Waals surface area (Å²) in [6.07, 6.45) is 2.66. The van der Waals surface area contributed by atoms with Crippen LogP contribution in [0, 0.1) is 6.92 Å². The first kappa shape index (κ1) is 14.5. The third-order valence-corrected chi connectivity index (χ3v) is 4.58. The molecule has 6 nitrogen and oxygen atoms in total. The Morgan fingerprint density at radius 3 is 2.55 bits per heavy atom. The van der Waals surface area contributed by atoms with E-state index in [1.807, 2.05) is 6.92 Å². The van der Waals surface area contributed by atoms with Crippen LogP contribution in [0.1, 0.15) is 11.3 Å². The van der Waals surface area contributed by atoms with Crippen molar-refractivity contribution < 1.29 is 8.42 Å². The highest BCUT2D eigenvalue weighted by molar-refractivity contribution is 7.90. The number of benzene rings is 1. The fourth-order valence-electron chi connectivity index (χ4n) is 2.33. The molecule has 0 aliphatic carbocycles. The molecule has 0 aliphatic heterocycles. The second kappa shape index (κ2) is 5.10. The molecule has 0 bridgehead atoms. The van der Waals surface area contributed by atoms with Gasteiger partial charge >= 0.3 is 0 Å². The number of sulfone groups is 1. The van der Waals surface area contributed by atoms with Crippen LogP contribution < -0.4 is 5.56 Å². The molecule has 7 heteroatoms. The van der Waals surface area contributed by atoms with Crippen LogP contribution in [0.25, 0.3) is 11.0 Å². The van der Waals surface area contributed by atoms with E-state index in [0.29, 0.717) is 17.6 Å². The summed E-state index contributed by atoms with van der Waals surface area (Å²) in [5, 5.41) is 0.549. The molecule has 0 radical (unpaired) electrons. The molecule has 0 saturated carbocycles. The third kappa shape index (κ3) is 2.67. The molecule has 0 aliphatic rings. The maximum absolute atomic E-state index is 12.4. The Morgan fingerprint density at radius 1 is 1.23 bits per heavy atom. The predicted molar refractivity (Wildman–Crippen MR) is 83.7 cm³/mol. The second-order valence-electron chi connectivity index (χ2n) is 5.31. The van der Waals surface area contributed by atoms with Crippen LogP contribution >= 0.6 is 0 Å². The minimum Gasteiger partial charge on any atom is -0.343 e. The number of fused-ring (bicyclic) bond motifs is 1. The van der Waals surface area contributed by atoms with Gasteiger partial charge in [0, 0.05) is 11.9 Å². The summed E-state index contributed by atoms with van der Waals surface area (Å²) in [4.78, 5) is 19.9. The Kier molecular flexibility index (Phi) is 3.37. The lowest BCUT2D eigenvalue weighted by molar-refractivity contribution is 0.602. The first-order chi connectivity index (χ1) is 10.3. The van der Waals surface area contributed by atoms with Crippen molar-refractivity contribution in [3.05, 3.63) is 58.3 Å². The van der Waals surface area contributed by atoms with E-state index < -0.39 is 9.84 Å². The molecule has 0 fully saturated rings. The maximum Gasteiger partial charge on any atom is 0.263 e. The zero-order valence-electron chi connectivity index (χ0n) is 12.2. The summed E-state index contributed by atoms with van der Waals surface area (Å²) >= 11 is 0. The van der Waals surface area contributed by atoms with Crippen LogP contribution in [-0.4, -0.2) is 29.2 Å². The molecule has 3 aromatic rings. The number of hydrogen-bond donors (Lipinski definition) is 1. The second-order valence-corrected chi connectivity index (χ2v) is 7.32. The molecule has 0 atom stereocenters. The fraction of sp³-hybridized carbons (Fsp3) is 0.200. The van der Waals surface area contributed by atoms with Gasteiger partial charge in [0.05, 0.1) is 16.8 Å². The summed E-state index contributed by atoms with van der Waals surface area (Å²) in [5.74, 6) is 0. The molecule has 0 spiro atoms. The number of nitrogens with one attached hydrogen (secondary N) is 1. The molecule has 22 heavy (non-hydrogen) atoms. The molecular formula is C15H15N3O3S. The van der Waals surface area contributed by atoms with Gasteiger partial charge in [-0.2, -0.15) is 0 Å². The molecule has 2 aromatic heterocycles. The van der Waals surface area contributed by atoms with Crippen LogP contribution in [0.15, 0.2) is 46.3 Å². The lowest BCUT2D eigenvalue weighted by Gasteiger charge is -2.06. The predicted octanol–water partition coefficient (Wildman–Crippen LogP) is 1.48. The van der Waals surface area contributed by atoms with Gasteiger partial charge in [-0.3, -0.25) is 9.36 Å². The van der Waals surface area contributed by atoms with Gasteiger partial charge in [-0.05, 0) is 30.7 Å².